The molecule has 2 saturated heterocycles. The van der Waals surface area contributed by atoms with Crippen LogP contribution in [-0.4, -0.2) is 66.6 Å². The van der Waals surface area contributed by atoms with Crippen LogP contribution < -0.4 is 16.4 Å². The molecule has 4 N–H and O–H groups in total. The third kappa shape index (κ3) is 3.55. The van der Waals surface area contributed by atoms with Crippen molar-refractivity contribution in [2.24, 2.45) is 11.7 Å². The lowest BCUT2D eigenvalue weighted by molar-refractivity contribution is -0.135. The fourth-order valence-electron chi connectivity index (χ4n) is 4.55. The second kappa shape index (κ2) is 7.38. The Hall–Kier alpha value is -1.53. The summed E-state index contributed by atoms with van der Waals surface area (Å²) in [6, 6.07) is 0.758. The topological polar surface area (TPSA) is 73.6 Å². The van der Waals surface area contributed by atoms with Crippen LogP contribution in [0, 0.1) is 5.92 Å². The van der Waals surface area contributed by atoms with E-state index in [9.17, 15) is 4.79 Å². The molecule has 4 aliphatic rings. The monoisotopic (exact) mass is 345 g/mol. The summed E-state index contributed by atoms with van der Waals surface area (Å²) in [5.41, 5.74) is 7.54. The Kier molecular flexibility index (Phi) is 4.99. The van der Waals surface area contributed by atoms with Crippen LogP contribution in [0.15, 0.2) is 24.0 Å². The highest BCUT2D eigenvalue weighted by Crippen LogP contribution is 2.27. The van der Waals surface area contributed by atoms with Crippen LogP contribution in [0.3, 0.4) is 0 Å². The fourth-order valence-corrected chi connectivity index (χ4v) is 4.55. The minimum Gasteiger partial charge on any atom is -0.390 e. The highest BCUT2D eigenvalue weighted by atomic mass is 16.2. The van der Waals surface area contributed by atoms with Gasteiger partial charge in [-0.2, -0.15) is 0 Å². The van der Waals surface area contributed by atoms with E-state index in [1.807, 2.05) is 6.20 Å². The molecule has 3 atom stereocenters. The summed E-state index contributed by atoms with van der Waals surface area (Å²) in [4.78, 5) is 17.5. The quantitative estimate of drug-likeness (QED) is 0.690. The molecule has 25 heavy (non-hydrogen) atoms. The highest BCUT2D eigenvalue weighted by Gasteiger charge is 2.33. The molecule has 0 spiro atoms. The maximum atomic E-state index is 12.8. The number of amides is 1. The number of rotatable bonds is 3. The lowest BCUT2D eigenvalue weighted by Gasteiger charge is -2.43. The Bertz CT molecular complexity index is 548. The largest absolute Gasteiger partial charge is 0.390 e. The smallest absolute Gasteiger partial charge is 0.245 e. The predicted molar refractivity (Wildman–Crippen MR) is 98.6 cm³/mol. The summed E-state index contributed by atoms with van der Waals surface area (Å²) in [7, 11) is 0. The fraction of sp³-hybridized carbons (Fsp3) is 0.737. The molecule has 0 saturated carbocycles. The van der Waals surface area contributed by atoms with Crippen molar-refractivity contribution in [3.63, 3.8) is 0 Å². The van der Waals surface area contributed by atoms with Crippen molar-refractivity contribution < 1.29 is 4.79 Å². The van der Waals surface area contributed by atoms with Gasteiger partial charge in [-0.15, -0.1) is 0 Å². The van der Waals surface area contributed by atoms with Crippen molar-refractivity contribution in [3.8, 4) is 0 Å². The van der Waals surface area contributed by atoms with Crippen molar-refractivity contribution in [3.05, 3.63) is 24.0 Å². The van der Waals surface area contributed by atoms with E-state index in [1.54, 1.807) is 0 Å². The number of hydrogen-bond acceptors (Lipinski definition) is 5. The summed E-state index contributed by atoms with van der Waals surface area (Å²) < 4.78 is 0. The van der Waals surface area contributed by atoms with E-state index >= 15 is 0 Å². The Balaban J connectivity index is 1.29. The minimum atomic E-state index is -0.0637. The van der Waals surface area contributed by atoms with Crippen LogP contribution in [0.5, 0.6) is 0 Å². The van der Waals surface area contributed by atoms with Gasteiger partial charge >= 0.3 is 0 Å². The van der Waals surface area contributed by atoms with Crippen molar-refractivity contribution in [2.75, 3.05) is 32.7 Å². The van der Waals surface area contributed by atoms with Gasteiger partial charge in [0, 0.05) is 37.6 Å². The zero-order valence-electron chi connectivity index (χ0n) is 15.0. The SMILES string of the molecule is NC1CNC=CC1C1=CNC(C(=O)N2CCC(N3CCC3)CC2)CC1. The highest BCUT2D eigenvalue weighted by molar-refractivity contribution is 5.82. The molecule has 2 fully saturated rings. The number of carbonyl (C=O) groups excluding carboxylic acids is 1. The Morgan fingerprint density at radius 1 is 1.16 bits per heavy atom. The third-order valence-electron chi connectivity index (χ3n) is 6.34. The molecular formula is C19H31N5O. The van der Waals surface area contributed by atoms with Crippen molar-refractivity contribution in [2.45, 2.75) is 50.2 Å². The lowest BCUT2D eigenvalue weighted by atomic mass is 9.85. The first kappa shape index (κ1) is 16.9. The second-order valence-electron chi connectivity index (χ2n) is 7.88. The summed E-state index contributed by atoms with van der Waals surface area (Å²) in [6.45, 7) is 5.15. The molecule has 4 aliphatic heterocycles. The number of nitrogens with zero attached hydrogens (tertiary/aromatic N) is 2. The maximum absolute atomic E-state index is 12.8. The number of likely N-dealkylation sites (tertiary alicyclic amines) is 2. The molecule has 0 aliphatic carbocycles. The molecule has 0 aromatic carbocycles. The van der Waals surface area contributed by atoms with Gasteiger partial charge in [0.1, 0.15) is 6.04 Å². The van der Waals surface area contributed by atoms with Crippen molar-refractivity contribution in [1.82, 2.24) is 20.4 Å². The third-order valence-corrected chi connectivity index (χ3v) is 6.34. The van der Waals surface area contributed by atoms with Gasteiger partial charge in [-0.25, -0.2) is 0 Å². The second-order valence-corrected chi connectivity index (χ2v) is 7.88. The molecule has 6 nitrogen and oxygen atoms in total. The number of hydrogen-bond donors (Lipinski definition) is 3. The zero-order valence-corrected chi connectivity index (χ0v) is 15.0. The molecule has 0 radical (unpaired) electrons. The Morgan fingerprint density at radius 3 is 2.56 bits per heavy atom. The van der Waals surface area contributed by atoms with E-state index in [0.717, 1.165) is 45.3 Å². The molecule has 0 bridgehead atoms. The number of nitrogens with one attached hydrogen (secondary N) is 2. The van der Waals surface area contributed by atoms with Crippen LogP contribution >= 0.6 is 0 Å². The first-order valence-corrected chi connectivity index (χ1v) is 9.86. The normalized spacial score (nSPS) is 33.9. The average Bonchev–Trinajstić information content (AvgIpc) is 2.61. The first-order valence-electron chi connectivity index (χ1n) is 9.86. The van der Waals surface area contributed by atoms with Gasteiger partial charge in [-0.3, -0.25) is 4.79 Å². The van der Waals surface area contributed by atoms with E-state index in [-0.39, 0.29) is 23.9 Å². The van der Waals surface area contributed by atoms with Crippen LogP contribution in [0.2, 0.25) is 0 Å². The summed E-state index contributed by atoms with van der Waals surface area (Å²) in [5, 5.41) is 6.54. The average molecular weight is 345 g/mol. The number of carbonyl (C=O) groups is 1. The van der Waals surface area contributed by atoms with Gasteiger partial charge in [0.2, 0.25) is 5.91 Å². The summed E-state index contributed by atoms with van der Waals surface area (Å²) >= 11 is 0. The predicted octanol–water partition coefficient (Wildman–Crippen LogP) is 0.379. The Labute approximate surface area is 150 Å². The molecule has 3 unspecified atom stereocenters. The van der Waals surface area contributed by atoms with E-state index < -0.39 is 0 Å². The molecule has 0 aromatic heterocycles. The van der Waals surface area contributed by atoms with E-state index in [2.05, 4.69) is 32.7 Å². The van der Waals surface area contributed by atoms with Gasteiger partial charge in [0.15, 0.2) is 0 Å². The Morgan fingerprint density at radius 2 is 1.96 bits per heavy atom. The first-order chi connectivity index (χ1) is 12.2. The van der Waals surface area contributed by atoms with Gasteiger partial charge in [0.25, 0.3) is 0 Å². The van der Waals surface area contributed by atoms with Crippen LogP contribution in [0.1, 0.15) is 32.1 Å². The van der Waals surface area contributed by atoms with Crippen molar-refractivity contribution in [1.29, 1.82) is 0 Å². The summed E-state index contributed by atoms with van der Waals surface area (Å²) in [6.07, 6.45) is 11.6. The van der Waals surface area contributed by atoms with Gasteiger partial charge in [0.05, 0.1) is 0 Å². The standard InChI is InChI=1S/C19H31N5O/c20-17-13-21-7-4-16(17)14-2-3-18(22-12-14)19(25)24-10-5-15(6-11-24)23-8-1-9-23/h4,7,12,15-18,21-22H,1-3,5-6,8-11,13,20H2. The van der Waals surface area contributed by atoms with Gasteiger partial charge in [-0.05, 0) is 63.2 Å². The van der Waals surface area contributed by atoms with Crippen LogP contribution in [-0.2, 0) is 4.79 Å². The van der Waals surface area contributed by atoms with E-state index in [1.165, 1.54) is 25.1 Å². The number of nitrogens with two attached hydrogens (primary N) is 1. The van der Waals surface area contributed by atoms with Gasteiger partial charge in [-0.1, -0.05) is 6.08 Å². The maximum Gasteiger partial charge on any atom is 0.245 e. The molecule has 0 aromatic rings. The molecule has 4 heterocycles. The molecule has 138 valence electrons. The zero-order chi connectivity index (χ0) is 17.2. The van der Waals surface area contributed by atoms with E-state index in [4.69, 9.17) is 5.73 Å². The summed E-state index contributed by atoms with van der Waals surface area (Å²) in [5.74, 6) is 0.569. The molecule has 4 rings (SSSR count). The minimum absolute atomic E-state index is 0.0637. The van der Waals surface area contributed by atoms with E-state index in [0.29, 0.717) is 6.04 Å². The number of piperidine rings is 1. The van der Waals surface area contributed by atoms with Crippen molar-refractivity contribution >= 4 is 5.91 Å². The molecular weight excluding hydrogens is 314 g/mol. The van der Waals surface area contributed by atoms with Crippen LogP contribution in [0.4, 0.5) is 0 Å². The van der Waals surface area contributed by atoms with Crippen LogP contribution in [0.25, 0.3) is 0 Å². The molecule has 1 amide bonds. The lowest BCUT2D eigenvalue weighted by Crippen LogP contribution is -2.54. The van der Waals surface area contributed by atoms with Gasteiger partial charge < -0.3 is 26.2 Å². The molecule has 6 heteroatoms.